The molecule has 1 saturated heterocycles. The third-order valence-corrected chi connectivity index (χ3v) is 2.08. The molecule has 0 saturated carbocycles. The zero-order valence-corrected chi connectivity index (χ0v) is 7.64. The summed E-state index contributed by atoms with van der Waals surface area (Å²) in [5.41, 5.74) is 5.55. The Morgan fingerprint density at radius 1 is 1.79 bits per heavy atom. The molecule has 1 aromatic rings. The van der Waals surface area contributed by atoms with E-state index in [1.165, 1.54) is 6.20 Å². The Morgan fingerprint density at radius 2 is 2.64 bits per heavy atom. The van der Waals surface area contributed by atoms with Crippen LogP contribution in [0.2, 0.25) is 0 Å². The Morgan fingerprint density at radius 3 is 3.21 bits per heavy atom. The summed E-state index contributed by atoms with van der Waals surface area (Å²) in [7, 11) is 0. The van der Waals surface area contributed by atoms with Crippen molar-refractivity contribution in [3.63, 3.8) is 0 Å². The molecule has 0 spiro atoms. The molecule has 1 unspecified atom stereocenters. The SMILES string of the molecule is Nc1ccnn1C(=O)C1CNCCO1. The molecule has 1 atom stereocenters. The Kier molecular flexibility index (Phi) is 2.47. The summed E-state index contributed by atoms with van der Waals surface area (Å²) in [5.74, 6) is 0.115. The van der Waals surface area contributed by atoms with Crippen molar-refractivity contribution in [2.75, 3.05) is 25.4 Å². The molecule has 2 heterocycles. The summed E-state index contributed by atoms with van der Waals surface area (Å²) in [6.07, 6.45) is 1.01. The van der Waals surface area contributed by atoms with Gasteiger partial charge in [-0.1, -0.05) is 0 Å². The summed E-state index contributed by atoms with van der Waals surface area (Å²) in [6, 6.07) is 1.58. The lowest BCUT2D eigenvalue weighted by atomic mass is 10.3. The maximum Gasteiger partial charge on any atom is 0.279 e. The van der Waals surface area contributed by atoms with Crippen LogP contribution in [0.4, 0.5) is 5.82 Å². The summed E-state index contributed by atoms with van der Waals surface area (Å²) < 4.78 is 6.45. The molecule has 1 aliphatic heterocycles. The van der Waals surface area contributed by atoms with Crippen LogP contribution in [0.3, 0.4) is 0 Å². The van der Waals surface area contributed by atoms with Crippen molar-refractivity contribution >= 4 is 11.7 Å². The molecular formula is C8H12N4O2. The summed E-state index contributed by atoms with van der Waals surface area (Å²) in [4.78, 5) is 11.7. The van der Waals surface area contributed by atoms with Gasteiger partial charge in [0.2, 0.25) is 0 Å². The van der Waals surface area contributed by atoms with Gasteiger partial charge in [-0.3, -0.25) is 4.79 Å². The third-order valence-electron chi connectivity index (χ3n) is 2.08. The first-order valence-electron chi connectivity index (χ1n) is 4.45. The van der Waals surface area contributed by atoms with Crippen LogP contribution < -0.4 is 11.1 Å². The number of hydrogen-bond acceptors (Lipinski definition) is 5. The molecule has 6 nitrogen and oxygen atoms in total. The van der Waals surface area contributed by atoms with Crippen LogP contribution in [-0.2, 0) is 4.74 Å². The molecule has 0 aliphatic carbocycles. The Labute approximate surface area is 81.0 Å². The summed E-state index contributed by atoms with van der Waals surface area (Å²) in [6.45, 7) is 1.83. The van der Waals surface area contributed by atoms with Crippen LogP contribution >= 0.6 is 0 Å². The predicted molar refractivity (Wildman–Crippen MR) is 49.9 cm³/mol. The first-order chi connectivity index (χ1) is 6.79. The minimum absolute atomic E-state index is 0.222. The van der Waals surface area contributed by atoms with Gasteiger partial charge in [0, 0.05) is 19.2 Å². The number of anilines is 1. The highest BCUT2D eigenvalue weighted by Crippen LogP contribution is 2.05. The molecule has 0 bridgehead atoms. The maximum atomic E-state index is 11.7. The van der Waals surface area contributed by atoms with E-state index in [9.17, 15) is 4.79 Å². The van der Waals surface area contributed by atoms with Gasteiger partial charge < -0.3 is 15.8 Å². The number of nitrogens with zero attached hydrogens (tertiary/aromatic N) is 2. The molecule has 0 amide bonds. The van der Waals surface area contributed by atoms with Crippen LogP contribution in [0.1, 0.15) is 4.79 Å². The molecular weight excluding hydrogens is 184 g/mol. The second kappa shape index (κ2) is 3.77. The topological polar surface area (TPSA) is 82.2 Å². The van der Waals surface area contributed by atoms with Gasteiger partial charge in [0.05, 0.1) is 12.8 Å². The number of morpholine rings is 1. The Bertz CT molecular complexity index is 330. The third kappa shape index (κ3) is 1.61. The van der Waals surface area contributed by atoms with E-state index in [-0.39, 0.29) is 5.91 Å². The normalized spacial score (nSPS) is 22.1. The van der Waals surface area contributed by atoms with Gasteiger partial charge >= 0.3 is 0 Å². The van der Waals surface area contributed by atoms with Gasteiger partial charge in [-0.25, -0.2) is 0 Å². The molecule has 2 rings (SSSR count). The van der Waals surface area contributed by atoms with Crippen LogP contribution in [0, 0.1) is 0 Å². The second-order valence-electron chi connectivity index (χ2n) is 3.07. The number of carbonyl (C=O) groups is 1. The molecule has 6 heteroatoms. The van der Waals surface area contributed by atoms with E-state index in [2.05, 4.69) is 10.4 Å². The number of carbonyl (C=O) groups excluding carboxylic acids is 1. The standard InChI is InChI=1S/C8H12N4O2/c9-7-1-2-11-12(7)8(13)6-5-10-3-4-14-6/h1-2,6,10H,3-5,9H2. The van der Waals surface area contributed by atoms with E-state index in [4.69, 9.17) is 10.5 Å². The highest BCUT2D eigenvalue weighted by atomic mass is 16.5. The van der Waals surface area contributed by atoms with Crippen LogP contribution in [0.25, 0.3) is 0 Å². The fourth-order valence-corrected chi connectivity index (χ4v) is 1.36. The fraction of sp³-hybridized carbons (Fsp3) is 0.500. The van der Waals surface area contributed by atoms with Crippen molar-refractivity contribution in [2.45, 2.75) is 6.10 Å². The van der Waals surface area contributed by atoms with Crippen LogP contribution in [0.5, 0.6) is 0 Å². The molecule has 76 valence electrons. The average Bonchev–Trinajstić information content (AvgIpc) is 2.65. The van der Waals surface area contributed by atoms with Gasteiger partial charge in [0.15, 0.2) is 6.10 Å². The number of aromatic nitrogens is 2. The van der Waals surface area contributed by atoms with Crippen molar-refractivity contribution in [1.82, 2.24) is 15.1 Å². The second-order valence-corrected chi connectivity index (χ2v) is 3.07. The lowest BCUT2D eigenvalue weighted by Crippen LogP contribution is -2.45. The zero-order chi connectivity index (χ0) is 9.97. The monoisotopic (exact) mass is 196 g/mol. The molecule has 1 aliphatic rings. The number of nitrogens with one attached hydrogen (secondary N) is 1. The summed E-state index contributed by atoms with van der Waals surface area (Å²) in [5, 5.41) is 6.89. The number of hydrogen-bond donors (Lipinski definition) is 2. The highest BCUT2D eigenvalue weighted by molar-refractivity contribution is 5.85. The molecule has 1 aromatic heterocycles. The quantitative estimate of drug-likeness (QED) is 0.608. The first-order valence-corrected chi connectivity index (χ1v) is 4.45. The lowest BCUT2D eigenvalue weighted by Gasteiger charge is -2.22. The molecule has 3 N–H and O–H groups in total. The van der Waals surface area contributed by atoms with Crippen molar-refractivity contribution in [3.05, 3.63) is 12.3 Å². The maximum absolute atomic E-state index is 11.7. The van der Waals surface area contributed by atoms with Gasteiger partial charge in [0.25, 0.3) is 5.91 Å². The highest BCUT2D eigenvalue weighted by Gasteiger charge is 2.24. The summed E-state index contributed by atoms with van der Waals surface area (Å²) >= 11 is 0. The number of ether oxygens (including phenoxy) is 1. The first kappa shape index (κ1) is 9.17. The van der Waals surface area contributed by atoms with E-state index < -0.39 is 6.10 Å². The van der Waals surface area contributed by atoms with Crippen molar-refractivity contribution in [3.8, 4) is 0 Å². The zero-order valence-electron chi connectivity index (χ0n) is 7.64. The fourth-order valence-electron chi connectivity index (χ4n) is 1.36. The lowest BCUT2D eigenvalue weighted by molar-refractivity contribution is 0.0190. The van der Waals surface area contributed by atoms with Crippen molar-refractivity contribution in [2.24, 2.45) is 0 Å². The Hall–Kier alpha value is -1.40. The predicted octanol–water partition coefficient (Wildman–Crippen LogP) is -0.906. The van der Waals surface area contributed by atoms with E-state index in [1.54, 1.807) is 6.07 Å². The minimum atomic E-state index is -0.481. The number of nitrogens with two attached hydrogens (primary N) is 1. The van der Waals surface area contributed by atoms with Gasteiger partial charge in [-0.15, -0.1) is 0 Å². The van der Waals surface area contributed by atoms with Crippen LogP contribution in [0.15, 0.2) is 12.3 Å². The Balaban J connectivity index is 2.11. The molecule has 0 aromatic carbocycles. The molecule has 0 radical (unpaired) electrons. The van der Waals surface area contributed by atoms with Gasteiger partial charge in [0.1, 0.15) is 5.82 Å². The van der Waals surface area contributed by atoms with Crippen LogP contribution in [-0.4, -0.2) is 41.5 Å². The molecule has 1 fully saturated rings. The minimum Gasteiger partial charge on any atom is -0.383 e. The van der Waals surface area contributed by atoms with Gasteiger partial charge in [-0.2, -0.15) is 9.78 Å². The molecule has 14 heavy (non-hydrogen) atoms. The largest absolute Gasteiger partial charge is 0.383 e. The van der Waals surface area contributed by atoms with E-state index in [1.807, 2.05) is 0 Å². The smallest absolute Gasteiger partial charge is 0.279 e. The van der Waals surface area contributed by atoms with E-state index in [0.29, 0.717) is 19.0 Å². The van der Waals surface area contributed by atoms with Crippen molar-refractivity contribution in [1.29, 1.82) is 0 Å². The van der Waals surface area contributed by atoms with E-state index >= 15 is 0 Å². The average molecular weight is 196 g/mol. The van der Waals surface area contributed by atoms with Gasteiger partial charge in [-0.05, 0) is 0 Å². The van der Waals surface area contributed by atoms with E-state index in [0.717, 1.165) is 11.2 Å². The number of rotatable bonds is 1. The van der Waals surface area contributed by atoms with Crippen molar-refractivity contribution < 1.29 is 9.53 Å². The number of nitrogen functional groups attached to an aromatic ring is 1.